The van der Waals surface area contributed by atoms with Crippen molar-refractivity contribution in [2.75, 3.05) is 26.5 Å². The minimum Gasteiger partial charge on any atom is -0.497 e. The Bertz CT molecular complexity index is 351. The lowest BCUT2D eigenvalue weighted by Gasteiger charge is -2.34. The van der Waals surface area contributed by atoms with Crippen molar-refractivity contribution >= 4 is 12.6 Å². The smallest absolute Gasteiger partial charge is 0.118 e. The Balaban J connectivity index is 2.60. The van der Waals surface area contributed by atoms with Crippen molar-refractivity contribution in [3.8, 4) is 5.75 Å². The predicted octanol–water partition coefficient (Wildman–Crippen LogP) is 3.86. The maximum atomic E-state index is 5.18. The molecule has 0 aliphatic heterocycles. The molecule has 0 N–H and O–H groups in total. The molecular weight excluding hydrogens is 254 g/mol. The number of ether oxygens (including phenoxy) is 1. The van der Waals surface area contributed by atoms with Crippen LogP contribution >= 0.6 is 12.6 Å². The topological polar surface area (TPSA) is 12.5 Å². The molecule has 0 atom stereocenters. The number of benzene rings is 1. The van der Waals surface area contributed by atoms with Crippen LogP contribution in [-0.2, 0) is 6.54 Å². The Hall–Kier alpha value is -0.670. The van der Waals surface area contributed by atoms with Gasteiger partial charge in [-0.1, -0.05) is 26.0 Å². The van der Waals surface area contributed by atoms with Gasteiger partial charge >= 0.3 is 0 Å². The maximum absolute atomic E-state index is 5.18. The molecule has 0 amide bonds. The van der Waals surface area contributed by atoms with Gasteiger partial charge in [-0.25, -0.2) is 0 Å². The highest BCUT2D eigenvalue weighted by Crippen LogP contribution is 2.29. The molecule has 0 aromatic heterocycles. The third-order valence-electron chi connectivity index (χ3n) is 4.05. The van der Waals surface area contributed by atoms with Crippen molar-refractivity contribution in [1.82, 2.24) is 4.90 Å². The second kappa shape index (κ2) is 7.81. The predicted molar refractivity (Wildman–Crippen MR) is 86.2 cm³/mol. The van der Waals surface area contributed by atoms with Gasteiger partial charge in [0.2, 0.25) is 0 Å². The average molecular weight is 281 g/mol. The van der Waals surface area contributed by atoms with Gasteiger partial charge in [0.15, 0.2) is 0 Å². The van der Waals surface area contributed by atoms with Crippen LogP contribution in [0.3, 0.4) is 0 Å². The quantitative estimate of drug-likeness (QED) is 0.726. The van der Waals surface area contributed by atoms with E-state index in [1.54, 1.807) is 7.11 Å². The lowest BCUT2D eigenvalue weighted by Crippen LogP contribution is -2.36. The van der Waals surface area contributed by atoms with Crippen LogP contribution in [0, 0.1) is 5.41 Å². The molecule has 1 aromatic carbocycles. The molecule has 0 spiro atoms. The monoisotopic (exact) mass is 281 g/mol. The summed E-state index contributed by atoms with van der Waals surface area (Å²) in [6.07, 6.45) is 2.36. The van der Waals surface area contributed by atoms with Gasteiger partial charge in [0.05, 0.1) is 7.11 Å². The molecule has 0 heterocycles. The lowest BCUT2D eigenvalue weighted by atomic mass is 9.84. The molecule has 2 nitrogen and oxygen atoms in total. The van der Waals surface area contributed by atoms with E-state index in [9.17, 15) is 0 Å². The molecule has 0 saturated heterocycles. The summed E-state index contributed by atoms with van der Waals surface area (Å²) in [4.78, 5) is 2.39. The molecule has 3 heteroatoms. The van der Waals surface area contributed by atoms with E-state index in [2.05, 4.69) is 50.6 Å². The highest BCUT2D eigenvalue weighted by atomic mass is 32.1. The van der Waals surface area contributed by atoms with Gasteiger partial charge in [-0.3, -0.25) is 0 Å². The van der Waals surface area contributed by atoms with Crippen LogP contribution in [0.5, 0.6) is 5.75 Å². The maximum Gasteiger partial charge on any atom is 0.118 e. The second-order valence-electron chi connectivity index (χ2n) is 5.39. The van der Waals surface area contributed by atoms with Gasteiger partial charge in [-0.2, -0.15) is 12.6 Å². The van der Waals surface area contributed by atoms with Gasteiger partial charge in [0.25, 0.3) is 0 Å². The highest BCUT2D eigenvalue weighted by Gasteiger charge is 2.25. The lowest BCUT2D eigenvalue weighted by molar-refractivity contribution is 0.179. The van der Waals surface area contributed by atoms with E-state index < -0.39 is 0 Å². The molecule has 19 heavy (non-hydrogen) atoms. The molecule has 1 aromatic rings. The first-order chi connectivity index (χ1) is 9.09. The summed E-state index contributed by atoms with van der Waals surface area (Å²) in [5, 5.41) is 0. The zero-order valence-corrected chi connectivity index (χ0v) is 13.5. The van der Waals surface area contributed by atoms with Gasteiger partial charge in [0.1, 0.15) is 5.75 Å². The van der Waals surface area contributed by atoms with Crippen molar-refractivity contribution in [3.63, 3.8) is 0 Å². The Labute approximate surface area is 123 Å². The van der Waals surface area contributed by atoms with Crippen molar-refractivity contribution in [1.29, 1.82) is 0 Å². The van der Waals surface area contributed by atoms with Gasteiger partial charge in [-0.15, -0.1) is 0 Å². The summed E-state index contributed by atoms with van der Waals surface area (Å²) in [7, 11) is 3.89. The fourth-order valence-electron chi connectivity index (χ4n) is 2.42. The zero-order valence-electron chi connectivity index (χ0n) is 12.6. The van der Waals surface area contributed by atoms with Gasteiger partial charge in [-0.05, 0) is 48.8 Å². The van der Waals surface area contributed by atoms with Crippen molar-refractivity contribution in [2.45, 2.75) is 33.2 Å². The van der Waals surface area contributed by atoms with Crippen LogP contribution in [0.15, 0.2) is 24.3 Å². The fourth-order valence-corrected chi connectivity index (χ4v) is 2.97. The first-order valence-corrected chi connectivity index (χ1v) is 7.64. The van der Waals surface area contributed by atoms with Crippen LogP contribution < -0.4 is 4.74 Å². The minimum absolute atomic E-state index is 0.338. The molecule has 1 rings (SSSR count). The van der Waals surface area contributed by atoms with E-state index in [1.165, 1.54) is 18.4 Å². The van der Waals surface area contributed by atoms with Crippen molar-refractivity contribution < 1.29 is 4.74 Å². The first kappa shape index (κ1) is 16.4. The van der Waals surface area contributed by atoms with Gasteiger partial charge in [0, 0.05) is 13.1 Å². The standard InChI is InChI=1S/C16H27NOS/c1-5-16(6-2,13-19)12-17(3)11-14-7-9-15(18-4)10-8-14/h7-10,19H,5-6,11-13H2,1-4H3. The third kappa shape index (κ3) is 4.73. The van der Waals surface area contributed by atoms with Crippen LogP contribution in [0.2, 0.25) is 0 Å². The molecule has 0 bridgehead atoms. The van der Waals surface area contributed by atoms with E-state index in [4.69, 9.17) is 4.74 Å². The highest BCUT2D eigenvalue weighted by molar-refractivity contribution is 7.80. The molecule has 0 saturated carbocycles. The molecule has 0 unspecified atom stereocenters. The third-order valence-corrected chi connectivity index (χ3v) is 4.72. The molecular formula is C16H27NOS. The van der Waals surface area contributed by atoms with Crippen LogP contribution in [0.25, 0.3) is 0 Å². The van der Waals surface area contributed by atoms with Crippen LogP contribution in [0.4, 0.5) is 0 Å². The summed E-state index contributed by atoms with van der Waals surface area (Å²) < 4.78 is 5.18. The Morgan fingerprint density at radius 1 is 1.16 bits per heavy atom. The normalized spacial score (nSPS) is 11.9. The number of thiol groups is 1. The Morgan fingerprint density at radius 3 is 2.16 bits per heavy atom. The number of methoxy groups -OCH3 is 1. The zero-order chi connectivity index (χ0) is 14.3. The van der Waals surface area contributed by atoms with E-state index in [-0.39, 0.29) is 0 Å². The Kier molecular flexibility index (Phi) is 6.73. The Morgan fingerprint density at radius 2 is 1.74 bits per heavy atom. The van der Waals surface area contributed by atoms with E-state index in [1.807, 2.05) is 12.1 Å². The van der Waals surface area contributed by atoms with Crippen LogP contribution in [-0.4, -0.2) is 31.4 Å². The number of hydrogen-bond acceptors (Lipinski definition) is 3. The summed E-state index contributed by atoms with van der Waals surface area (Å²) in [5.41, 5.74) is 1.66. The molecule has 0 aliphatic rings. The minimum atomic E-state index is 0.338. The van der Waals surface area contributed by atoms with E-state index >= 15 is 0 Å². The van der Waals surface area contributed by atoms with Crippen LogP contribution in [0.1, 0.15) is 32.3 Å². The largest absolute Gasteiger partial charge is 0.497 e. The number of hydrogen-bond donors (Lipinski definition) is 1. The SMILES string of the molecule is CCC(CC)(CS)CN(C)Cc1ccc(OC)cc1. The summed E-state index contributed by atoms with van der Waals surface area (Å²) in [6.45, 7) is 6.59. The van der Waals surface area contributed by atoms with E-state index in [0.29, 0.717) is 5.41 Å². The molecule has 0 aliphatic carbocycles. The van der Waals surface area contributed by atoms with Crippen molar-refractivity contribution in [2.24, 2.45) is 5.41 Å². The molecule has 0 fully saturated rings. The number of rotatable bonds is 8. The molecule has 108 valence electrons. The second-order valence-corrected chi connectivity index (χ2v) is 5.70. The molecule has 0 radical (unpaired) electrons. The summed E-state index contributed by atoms with van der Waals surface area (Å²) in [6, 6.07) is 8.31. The number of nitrogens with zero attached hydrogens (tertiary/aromatic N) is 1. The fraction of sp³-hybridized carbons (Fsp3) is 0.625. The average Bonchev–Trinajstić information content (AvgIpc) is 2.46. The summed E-state index contributed by atoms with van der Waals surface area (Å²) >= 11 is 4.55. The van der Waals surface area contributed by atoms with Gasteiger partial charge < -0.3 is 9.64 Å². The van der Waals surface area contributed by atoms with E-state index in [0.717, 1.165) is 24.6 Å². The summed E-state index contributed by atoms with van der Waals surface area (Å²) in [5.74, 6) is 1.87. The first-order valence-electron chi connectivity index (χ1n) is 7.01. The van der Waals surface area contributed by atoms with Crippen molar-refractivity contribution in [3.05, 3.63) is 29.8 Å².